The standard InChI is InChI=1S/C22H26ClN5O4/c23-20-15-13-28-17(12-19(29)30)21(31)26-22(28)25-16(15)6-7-18(20)32-11-5-3-1-2-4-9-27-10-8-24-14-27/h6-8,10,14,17H,1-5,9,11-13H2,(H,29,30)(H,25,26,31). The third-order valence-corrected chi connectivity index (χ3v) is 6.08. The highest BCUT2D eigenvalue weighted by Crippen LogP contribution is 2.39. The van der Waals surface area contributed by atoms with Gasteiger partial charge in [-0.2, -0.15) is 0 Å². The van der Waals surface area contributed by atoms with Crippen molar-refractivity contribution in [3.05, 3.63) is 41.4 Å². The van der Waals surface area contributed by atoms with Gasteiger partial charge in [0.2, 0.25) is 11.9 Å². The molecule has 2 aromatic rings. The molecular formula is C22H26ClN5O4. The number of unbranched alkanes of at least 4 members (excludes halogenated alkanes) is 4. The molecule has 1 aromatic carbocycles. The minimum Gasteiger partial charge on any atom is -0.492 e. The molecule has 1 unspecified atom stereocenters. The van der Waals surface area contributed by atoms with Gasteiger partial charge in [0.1, 0.15) is 11.8 Å². The number of halogens is 1. The van der Waals surface area contributed by atoms with E-state index < -0.39 is 12.0 Å². The maximum absolute atomic E-state index is 12.1. The summed E-state index contributed by atoms with van der Waals surface area (Å²) >= 11 is 6.59. The van der Waals surface area contributed by atoms with Crippen molar-refractivity contribution in [2.75, 3.05) is 6.61 Å². The van der Waals surface area contributed by atoms with Crippen molar-refractivity contribution in [2.24, 2.45) is 4.99 Å². The lowest BCUT2D eigenvalue weighted by Gasteiger charge is -2.28. The van der Waals surface area contributed by atoms with Crippen LogP contribution in [0.4, 0.5) is 5.69 Å². The highest BCUT2D eigenvalue weighted by atomic mass is 35.5. The Bertz CT molecular complexity index is 1010. The molecule has 0 bridgehead atoms. The van der Waals surface area contributed by atoms with Crippen molar-refractivity contribution >= 4 is 35.1 Å². The van der Waals surface area contributed by atoms with Gasteiger partial charge in [-0.3, -0.25) is 14.9 Å². The van der Waals surface area contributed by atoms with E-state index in [4.69, 9.17) is 21.4 Å². The van der Waals surface area contributed by atoms with Crippen LogP contribution in [-0.4, -0.2) is 50.0 Å². The van der Waals surface area contributed by atoms with Gasteiger partial charge in [-0.15, -0.1) is 0 Å². The van der Waals surface area contributed by atoms with E-state index in [2.05, 4.69) is 19.9 Å². The van der Waals surface area contributed by atoms with Crippen LogP contribution >= 0.6 is 11.6 Å². The molecule has 0 aliphatic carbocycles. The highest BCUT2D eigenvalue weighted by molar-refractivity contribution is 6.33. The minimum atomic E-state index is -1.04. The van der Waals surface area contributed by atoms with Crippen LogP contribution in [0.2, 0.25) is 5.02 Å². The molecule has 1 fully saturated rings. The second kappa shape index (κ2) is 10.0. The number of amides is 1. The maximum Gasteiger partial charge on any atom is 0.305 e. The van der Waals surface area contributed by atoms with Crippen molar-refractivity contribution < 1.29 is 19.4 Å². The van der Waals surface area contributed by atoms with Gasteiger partial charge in [0, 0.05) is 24.5 Å². The molecule has 2 aliphatic heterocycles. The topological polar surface area (TPSA) is 109 Å². The fraction of sp³-hybridized carbons (Fsp3) is 0.455. The molecule has 0 radical (unpaired) electrons. The molecule has 0 saturated carbocycles. The van der Waals surface area contributed by atoms with Crippen molar-refractivity contribution in [1.82, 2.24) is 19.8 Å². The Morgan fingerprint density at radius 2 is 2.06 bits per heavy atom. The predicted molar refractivity (Wildman–Crippen MR) is 119 cm³/mol. The molecule has 1 amide bonds. The number of rotatable bonds is 11. The van der Waals surface area contributed by atoms with Gasteiger partial charge < -0.3 is 19.3 Å². The fourth-order valence-electron chi connectivity index (χ4n) is 3.97. The number of nitrogens with one attached hydrogen (secondary N) is 1. The summed E-state index contributed by atoms with van der Waals surface area (Å²) in [5, 5.41) is 12.2. The molecule has 3 heterocycles. The van der Waals surface area contributed by atoms with E-state index in [1.165, 1.54) is 0 Å². The van der Waals surface area contributed by atoms with E-state index in [1.54, 1.807) is 17.2 Å². The summed E-state index contributed by atoms with van der Waals surface area (Å²) in [5.41, 5.74) is 1.39. The first-order valence-corrected chi connectivity index (χ1v) is 11.2. The van der Waals surface area contributed by atoms with Crippen LogP contribution in [0, 0.1) is 0 Å². The van der Waals surface area contributed by atoms with Crippen molar-refractivity contribution in [2.45, 2.75) is 57.7 Å². The Kier molecular flexibility index (Phi) is 6.94. The van der Waals surface area contributed by atoms with E-state index in [0.29, 0.717) is 35.6 Å². The third kappa shape index (κ3) is 5.04. The van der Waals surface area contributed by atoms with Crippen LogP contribution in [0.5, 0.6) is 5.75 Å². The van der Waals surface area contributed by atoms with Crippen molar-refractivity contribution in [3.8, 4) is 5.75 Å². The van der Waals surface area contributed by atoms with Gasteiger partial charge in [-0.25, -0.2) is 9.98 Å². The zero-order chi connectivity index (χ0) is 22.5. The molecule has 2 aliphatic rings. The lowest BCUT2D eigenvalue weighted by molar-refractivity contribution is -0.140. The molecular weight excluding hydrogens is 434 g/mol. The zero-order valence-electron chi connectivity index (χ0n) is 17.7. The summed E-state index contributed by atoms with van der Waals surface area (Å²) in [4.78, 5) is 33.4. The summed E-state index contributed by atoms with van der Waals surface area (Å²) < 4.78 is 7.99. The summed E-state index contributed by atoms with van der Waals surface area (Å²) in [6.07, 6.45) is 10.8. The highest BCUT2D eigenvalue weighted by Gasteiger charge is 2.40. The molecule has 1 atom stereocenters. The maximum atomic E-state index is 12.1. The lowest BCUT2D eigenvalue weighted by Crippen LogP contribution is -2.38. The molecule has 1 saturated heterocycles. The number of guanidine groups is 1. The Balaban J connectivity index is 1.26. The largest absolute Gasteiger partial charge is 0.492 e. The van der Waals surface area contributed by atoms with E-state index in [0.717, 1.165) is 44.2 Å². The summed E-state index contributed by atoms with van der Waals surface area (Å²) in [7, 11) is 0. The van der Waals surface area contributed by atoms with Crippen LogP contribution in [0.1, 0.15) is 44.1 Å². The molecule has 1 aromatic heterocycles. The number of ether oxygens (including phenoxy) is 1. The summed E-state index contributed by atoms with van der Waals surface area (Å²) in [6.45, 7) is 1.87. The third-order valence-electron chi connectivity index (χ3n) is 5.67. The van der Waals surface area contributed by atoms with Crippen LogP contribution in [0.3, 0.4) is 0 Å². The molecule has 2 N–H and O–H groups in total. The van der Waals surface area contributed by atoms with Gasteiger partial charge in [-0.1, -0.05) is 30.9 Å². The van der Waals surface area contributed by atoms with E-state index in [-0.39, 0.29) is 12.3 Å². The Morgan fingerprint density at radius 3 is 2.84 bits per heavy atom. The van der Waals surface area contributed by atoms with Crippen LogP contribution < -0.4 is 10.1 Å². The van der Waals surface area contributed by atoms with Gasteiger partial charge in [0.15, 0.2) is 0 Å². The molecule has 4 rings (SSSR count). The molecule has 170 valence electrons. The Labute approximate surface area is 191 Å². The Hall–Kier alpha value is -3.07. The van der Waals surface area contributed by atoms with Gasteiger partial charge >= 0.3 is 5.97 Å². The molecule has 9 nitrogen and oxygen atoms in total. The van der Waals surface area contributed by atoms with Crippen molar-refractivity contribution in [3.63, 3.8) is 0 Å². The van der Waals surface area contributed by atoms with Gasteiger partial charge in [0.05, 0.1) is 36.6 Å². The second-order valence-electron chi connectivity index (χ2n) is 7.96. The number of nitrogens with zero attached hydrogens (tertiary/aromatic N) is 4. The first kappa shape index (κ1) is 22.1. The number of aliphatic carboxylic acids is 1. The zero-order valence-corrected chi connectivity index (χ0v) is 18.4. The number of carboxylic acid groups (broad SMARTS) is 1. The van der Waals surface area contributed by atoms with Crippen LogP contribution in [-0.2, 0) is 22.7 Å². The monoisotopic (exact) mass is 459 g/mol. The first-order chi connectivity index (χ1) is 15.5. The molecule has 0 spiro atoms. The SMILES string of the molecule is O=C(O)CC1C(=O)NC2=Nc3ccc(OCCCCCCCn4ccnc4)c(Cl)c3CN21. The van der Waals surface area contributed by atoms with E-state index >= 15 is 0 Å². The van der Waals surface area contributed by atoms with Crippen LogP contribution in [0.25, 0.3) is 0 Å². The normalized spacial score (nSPS) is 16.9. The number of hydrogen-bond acceptors (Lipinski definition) is 6. The number of fused-ring (bicyclic) bond motifs is 2. The number of imidazole rings is 1. The lowest BCUT2D eigenvalue weighted by atomic mass is 10.1. The fourth-order valence-corrected chi connectivity index (χ4v) is 4.24. The molecule has 10 heteroatoms. The number of aromatic nitrogens is 2. The average Bonchev–Trinajstić information content (AvgIpc) is 3.38. The molecule has 32 heavy (non-hydrogen) atoms. The average molecular weight is 460 g/mol. The number of aliphatic imine (C=N–C) groups is 1. The smallest absolute Gasteiger partial charge is 0.305 e. The first-order valence-electron chi connectivity index (χ1n) is 10.8. The van der Waals surface area contributed by atoms with Crippen molar-refractivity contribution in [1.29, 1.82) is 0 Å². The van der Waals surface area contributed by atoms with E-state index in [9.17, 15) is 9.59 Å². The number of carbonyl (C=O) groups is 2. The number of carboxylic acids is 1. The summed E-state index contributed by atoms with van der Waals surface area (Å²) in [5.74, 6) is -0.456. The predicted octanol–water partition coefficient (Wildman–Crippen LogP) is 3.34. The summed E-state index contributed by atoms with van der Waals surface area (Å²) in [6, 6.07) is 2.80. The number of hydrogen-bond donors (Lipinski definition) is 2. The number of aryl methyl sites for hydroxylation is 1. The minimum absolute atomic E-state index is 0.295. The van der Waals surface area contributed by atoms with Gasteiger partial charge in [0.25, 0.3) is 0 Å². The van der Waals surface area contributed by atoms with Gasteiger partial charge in [-0.05, 0) is 25.0 Å². The Morgan fingerprint density at radius 1 is 1.25 bits per heavy atom. The number of carbonyl (C=O) groups excluding carboxylic acids is 1. The van der Waals surface area contributed by atoms with Crippen LogP contribution in [0.15, 0.2) is 35.8 Å². The second-order valence-corrected chi connectivity index (χ2v) is 8.34. The van der Waals surface area contributed by atoms with E-state index in [1.807, 2.05) is 18.6 Å². The number of benzene rings is 1. The quantitative estimate of drug-likeness (QED) is 0.499.